The maximum atomic E-state index is 12.3. The molecule has 2 heterocycles. The fraction of sp³-hybridized carbons (Fsp3) is 0.917. The van der Waals surface area contributed by atoms with Gasteiger partial charge in [0.25, 0.3) is 10.2 Å². The summed E-state index contributed by atoms with van der Waals surface area (Å²) in [4.78, 5) is 13.4. The molecule has 0 aromatic rings. The van der Waals surface area contributed by atoms with Gasteiger partial charge < -0.3 is 10.0 Å². The van der Waals surface area contributed by atoms with Crippen molar-refractivity contribution in [3.8, 4) is 0 Å². The number of aliphatic carboxylic acids is 1. The van der Waals surface area contributed by atoms with Crippen molar-refractivity contribution in [2.75, 3.05) is 44.2 Å². The van der Waals surface area contributed by atoms with Gasteiger partial charge >= 0.3 is 5.97 Å². The Bertz CT molecular complexity index is 451. The van der Waals surface area contributed by atoms with Gasteiger partial charge in [-0.15, -0.1) is 0 Å². The molecule has 0 spiro atoms. The highest BCUT2D eigenvalue weighted by Gasteiger charge is 2.36. The lowest BCUT2D eigenvalue weighted by Crippen LogP contribution is -2.53. The van der Waals surface area contributed by atoms with Crippen molar-refractivity contribution in [2.24, 2.45) is 0 Å². The number of piperidine rings is 1. The first-order valence-electron chi connectivity index (χ1n) is 7.30. The smallest absolute Gasteiger partial charge is 0.322 e. The van der Waals surface area contributed by atoms with E-state index in [-0.39, 0.29) is 6.54 Å². The number of carboxylic acid groups (broad SMARTS) is 1. The number of nitrogens with one attached hydrogen (secondary N) is 1. The molecule has 122 valence electrons. The van der Waals surface area contributed by atoms with E-state index in [1.54, 1.807) is 0 Å². The van der Waals surface area contributed by atoms with Crippen LogP contribution in [0.5, 0.6) is 0 Å². The molecule has 0 aromatic carbocycles. The molecule has 2 rings (SSSR count). The van der Waals surface area contributed by atoms with Crippen LogP contribution in [0.15, 0.2) is 0 Å². The number of carboxylic acids is 1. The zero-order valence-electron chi connectivity index (χ0n) is 12.0. The number of hydrogen-bond donors (Lipinski definition) is 2. The fourth-order valence-corrected chi connectivity index (χ4v) is 5.07. The maximum Gasteiger partial charge on any atom is 0.322 e. The van der Waals surface area contributed by atoms with Crippen molar-refractivity contribution in [3.05, 3.63) is 0 Å². The Morgan fingerprint density at radius 1 is 1.24 bits per heavy atom. The zero-order valence-corrected chi connectivity index (χ0v) is 13.7. The quantitative estimate of drug-likeness (QED) is 0.698. The van der Waals surface area contributed by atoms with Crippen molar-refractivity contribution in [2.45, 2.75) is 25.3 Å². The minimum Gasteiger partial charge on any atom is -0.480 e. The molecule has 0 radical (unpaired) electrons. The average Bonchev–Trinajstić information content (AvgIpc) is 2.48. The van der Waals surface area contributed by atoms with Gasteiger partial charge in [0.2, 0.25) is 0 Å². The minimum atomic E-state index is -3.71. The Balaban J connectivity index is 1.86. The second kappa shape index (κ2) is 7.77. The van der Waals surface area contributed by atoms with Gasteiger partial charge in [-0.3, -0.25) is 4.79 Å². The van der Waals surface area contributed by atoms with E-state index in [1.807, 2.05) is 11.8 Å². The molecular formula is C12H23N3O4S2. The Labute approximate surface area is 130 Å². The first-order chi connectivity index (χ1) is 10.0. The predicted molar refractivity (Wildman–Crippen MR) is 82.7 cm³/mol. The second-order valence-corrected chi connectivity index (χ2v) is 8.25. The Morgan fingerprint density at radius 3 is 2.62 bits per heavy atom. The molecule has 7 nitrogen and oxygen atoms in total. The van der Waals surface area contributed by atoms with E-state index in [4.69, 9.17) is 5.11 Å². The molecule has 2 aliphatic heterocycles. The van der Waals surface area contributed by atoms with Gasteiger partial charge in [-0.25, -0.2) is 4.72 Å². The van der Waals surface area contributed by atoms with Crippen LogP contribution >= 0.6 is 11.8 Å². The summed E-state index contributed by atoms with van der Waals surface area (Å²) in [7, 11) is -3.71. The standard InChI is InChI=1S/C12H23N3O4S2/c16-12(17)11-3-1-2-5-15(11)21(18,19)13-4-6-14-7-9-20-10-8-14/h11,13H,1-10H2,(H,16,17). The number of thioether (sulfide) groups is 1. The van der Waals surface area contributed by atoms with Crippen LogP contribution in [0.3, 0.4) is 0 Å². The molecule has 0 amide bonds. The summed E-state index contributed by atoms with van der Waals surface area (Å²) in [5.41, 5.74) is 0. The van der Waals surface area contributed by atoms with Gasteiger partial charge in [-0.2, -0.15) is 24.5 Å². The largest absolute Gasteiger partial charge is 0.480 e. The molecule has 0 bridgehead atoms. The third-order valence-corrected chi connectivity index (χ3v) is 6.43. The highest BCUT2D eigenvalue weighted by molar-refractivity contribution is 7.99. The second-order valence-electron chi connectivity index (χ2n) is 5.31. The lowest BCUT2D eigenvalue weighted by Gasteiger charge is -2.32. The van der Waals surface area contributed by atoms with Gasteiger partial charge in [0.1, 0.15) is 6.04 Å². The molecule has 0 aromatic heterocycles. The van der Waals surface area contributed by atoms with Crippen LogP contribution in [0.25, 0.3) is 0 Å². The monoisotopic (exact) mass is 337 g/mol. The Morgan fingerprint density at radius 2 is 1.95 bits per heavy atom. The van der Waals surface area contributed by atoms with E-state index < -0.39 is 22.2 Å². The molecule has 1 unspecified atom stereocenters. The van der Waals surface area contributed by atoms with Crippen molar-refractivity contribution < 1.29 is 18.3 Å². The van der Waals surface area contributed by atoms with Crippen molar-refractivity contribution in [1.29, 1.82) is 0 Å². The molecule has 2 saturated heterocycles. The molecule has 1 atom stereocenters. The lowest BCUT2D eigenvalue weighted by atomic mass is 10.1. The average molecular weight is 337 g/mol. The van der Waals surface area contributed by atoms with Crippen LogP contribution < -0.4 is 4.72 Å². The molecule has 21 heavy (non-hydrogen) atoms. The summed E-state index contributed by atoms with van der Waals surface area (Å²) in [5.74, 6) is 1.10. The minimum absolute atomic E-state index is 0.284. The molecule has 0 saturated carbocycles. The van der Waals surface area contributed by atoms with Gasteiger partial charge in [0.15, 0.2) is 0 Å². The number of rotatable bonds is 6. The summed E-state index contributed by atoms with van der Waals surface area (Å²) >= 11 is 1.91. The van der Waals surface area contributed by atoms with Crippen LogP contribution in [0, 0.1) is 0 Å². The maximum absolute atomic E-state index is 12.3. The SMILES string of the molecule is O=C(O)C1CCCCN1S(=O)(=O)NCCN1CCSCC1. The molecule has 2 fully saturated rings. The summed E-state index contributed by atoms with van der Waals surface area (Å²) in [6, 6.07) is -0.928. The third kappa shape index (κ3) is 4.82. The van der Waals surface area contributed by atoms with Crippen molar-refractivity contribution >= 4 is 27.9 Å². The van der Waals surface area contributed by atoms with E-state index in [0.717, 1.165) is 35.3 Å². The zero-order chi connectivity index (χ0) is 15.3. The summed E-state index contributed by atoms with van der Waals surface area (Å²) in [6.45, 7) is 3.25. The Hall–Kier alpha value is -0.350. The van der Waals surface area contributed by atoms with E-state index in [0.29, 0.717) is 25.9 Å². The van der Waals surface area contributed by atoms with Crippen LogP contribution in [0.2, 0.25) is 0 Å². The van der Waals surface area contributed by atoms with Gasteiger partial charge in [-0.05, 0) is 19.3 Å². The van der Waals surface area contributed by atoms with Crippen LogP contribution in [0.4, 0.5) is 0 Å². The third-order valence-electron chi connectivity index (χ3n) is 3.86. The van der Waals surface area contributed by atoms with E-state index in [2.05, 4.69) is 9.62 Å². The van der Waals surface area contributed by atoms with Crippen molar-refractivity contribution in [1.82, 2.24) is 13.9 Å². The van der Waals surface area contributed by atoms with Gasteiger partial charge in [0, 0.05) is 44.2 Å². The molecule has 2 aliphatic rings. The molecule has 2 N–H and O–H groups in total. The van der Waals surface area contributed by atoms with Crippen LogP contribution in [-0.2, 0) is 15.0 Å². The highest BCUT2D eigenvalue weighted by Crippen LogP contribution is 2.19. The first kappa shape index (κ1) is 17.0. The van der Waals surface area contributed by atoms with Crippen LogP contribution in [-0.4, -0.2) is 79.0 Å². The molecule has 9 heteroatoms. The van der Waals surface area contributed by atoms with E-state index >= 15 is 0 Å². The number of hydrogen-bond acceptors (Lipinski definition) is 5. The normalized spacial score (nSPS) is 25.8. The molecular weight excluding hydrogens is 314 g/mol. The topological polar surface area (TPSA) is 90.0 Å². The highest BCUT2D eigenvalue weighted by atomic mass is 32.2. The summed E-state index contributed by atoms with van der Waals surface area (Å²) < 4.78 is 28.2. The Kier molecular flexibility index (Phi) is 6.30. The summed E-state index contributed by atoms with van der Waals surface area (Å²) in [6.07, 6.45) is 1.86. The van der Waals surface area contributed by atoms with Gasteiger partial charge in [0.05, 0.1) is 0 Å². The lowest BCUT2D eigenvalue weighted by molar-refractivity contribution is -0.142. The number of carbonyl (C=O) groups is 1. The predicted octanol–water partition coefficient (Wildman–Crippen LogP) is -0.191. The fourth-order valence-electron chi connectivity index (χ4n) is 2.68. The van der Waals surface area contributed by atoms with E-state index in [1.165, 1.54) is 0 Å². The first-order valence-corrected chi connectivity index (χ1v) is 9.89. The number of nitrogens with zero attached hydrogens (tertiary/aromatic N) is 2. The van der Waals surface area contributed by atoms with E-state index in [9.17, 15) is 13.2 Å². The van der Waals surface area contributed by atoms with Crippen molar-refractivity contribution in [3.63, 3.8) is 0 Å². The molecule has 0 aliphatic carbocycles. The summed E-state index contributed by atoms with van der Waals surface area (Å²) in [5, 5.41) is 9.16. The van der Waals surface area contributed by atoms with Crippen LogP contribution in [0.1, 0.15) is 19.3 Å². The van der Waals surface area contributed by atoms with Gasteiger partial charge in [-0.1, -0.05) is 0 Å².